The molecule has 1 aliphatic carbocycles. The number of nitrogens with zero attached hydrogens (tertiary/aromatic N) is 1. The van der Waals surface area contributed by atoms with Gasteiger partial charge in [0.25, 0.3) is 0 Å². The van der Waals surface area contributed by atoms with Crippen molar-refractivity contribution in [3.63, 3.8) is 0 Å². The summed E-state index contributed by atoms with van der Waals surface area (Å²) in [5.41, 5.74) is 0.204. The van der Waals surface area contributed by atoms with Crippen LogP contribution in [0.1, 0.15) is 26.2 Å². The van der Waals surface area contributed by atoms with Gasteiger partial charge in [0.05, 0.1) is 13.2 Å². The highest BCUT2D eigenvalue weighted by Gasteiger charge is 2.61. The summed E-state index contributed by atoms with van der Waals surface area (Å²) in [6, 6.07) is 0.333. The first-order valence-corrected chi connectivity index (χ1v) is 7.22. The molecule has 1 aliphatic heterocycles. The maximum atomic E-state index is 11.7. The van der Waals surface area contributed by atoms with Crippen LogP contribution < -0.4 is 5.32 Å². The molecule has 20 heavy (non-hydrogen) atoms. The van der Waals surface area contributed by atoms with Crippen LogP contribution in [0.3, 0.4) is 0 Å². The Balaban J connectivity index is 0.00000200. The number of carbonyl (C=O) groups excluding carboxylic acids is 1. The van der Waals surface area contributed by atoms with Crippen molar-refractivity contribution >= 4 is 18.4 Å². The first kappa shape index (κ1) is 17.7. The molecule has 0 bridgehead atoms. The summed E-state index contributed by atoms with van der Waals surface area (Å²) in [5, 5.41) is 3.35. The maximum absolute atomic E-state index is 11.7. The van der Waals surface area contributed by atoms with Gasteiger partial charge in [0.1, 0.15) is 6.04 Å². The van der Waals surface area contributed by atoms with Crippen LogP contribution in [-0.4, -0.2) is 63.4 Å². The van der Waals surface area contributed by atoms with Crippen molar-refractivity contribution in [3.8, 4) is 0 Å². The van der Waals surface area contributed by atoms with E-state index in [2.05, 4.69) is 24.3 Å². The molecule has 2 rings (SSSR count). The Kier molecular flexibility index (Phi) is 6.72. The van der Waals surface area contributed by atoms with Crippen molar-refractivity contribution < 1.29 is 14.3 Å². The minimum atomic E-state index is -0.121. The van der Waals surface area contributed by atoms with Gasteiger partial charge in [-0.15, -0.1) is 12.4 Å². The van der Waals surface area contributed by atoms with Crippen molar-refractivity contribution in [3.05, 3.63) is 0 Å². The second-order valence-corrected chi connectivity index (χ2v) is 6.00. The second-order valence-electron chi connectivity index (χ2n) is 6.00. The monoisotopic (exact) mass is 306 g/mol. The fourth-order valence-electron chi connectivity index (χ4n) is 2.89. The van der Waals surface area contributed by atoms with Gasteiger partial charge in [-0.25, -0.2) is 0 Å². The lowest BCUT2D eigenvalue weighted by atomic mass is 10.0. The lowest BCUT2D eigenvalue weighted by molar-refractivity contribution is -0.145. The van der Waals surface area contributed by atoms with E-state index >= 15 is 0 Å². The average molecular weight is 307 g/mol. The highest BCUT2D eigenvalue weighted by Crippen LogP contribution is 2.54. The summed E-state index contributed by atoms with van der Waals surface area (Å²) in [5.74, 6) is -0.110. The Morgan fingerprint density at radius 2 is 2.15 bits per heavy atom. The molecule has 3 atom stereocenters. The zero-order chi connectivity index (χ0) is 13.9. The molecule has 6 heteroatoms. The minimum absolute atomic E-state index is 0. The molecular formula is C14H27ClN2O3. The largest absolute Gasteiger partial charge is 0.465 e. The van der Waals surface area contributed by atoms with Gasteiger partial charge < -0.3 is 19.7 Å². The number of fused-ring (bicyclic) bond motifs is 1. The van der Waals surface area contributed by atoms with Crippen molar-refractivity contribution in [2.75, 3.05) is 40.5 Å². The van der Waals surface area contributed by atoms with E-state index < -0.39 is 0 Å². The van der Waals surface area contributed by atoms with E-state index in [1.54, 1.807) is 0 Å². The molecule has 0 aromatic heterocycles. The molecule has 1 N–H and O–H groups in total. The zero-order valence-electron chi connectivity index (χ0n) is 12.7. The number of nitrogens with one attached hydrogen (secondary N) is 1. The van der Waals surface area contributed by atoms with Crippen LogP contribution in [0, 0.1) is 5.41 Å². The standard InChI is InChI=1S/C14H26N2O3.ClH/c1-4-19-13(17)11-8-14(9-12(14)15-11)10-18-7-5-6-16(2)3;/h11-12,15H,4-10H2,1-3H3;1H/t11-,12-,14+;/m0./s1. The third-order valence-electron chi connectivity index (χ3n) is 4.06. The Bertz CT molecular complexity index is 328. The fraction of sp³-hybridized carbons (Fsp3) is 0.929. The van der Waals surface area contributed by atoms with Crippen LogP contribution in [0.15, 0.2) is 0 Å². The molecule has 2 fully saturated rings. The summed E-state index contributed by atoms with van der Waals surface area (Å²) in [4.78, 5) is 13.8. The summed E-state index contributed by atoms with van der Waals surface area (Å²) >= 11 is 0. The SMILES string of the molecule is CCOC(=O)[C@@H]1C[C@]2(COCCCN(C)C)C[C@@H]2N1.Cl. The molecule has 0 aromatic carbocycles. The van der Waals surface area contributed by atoms with Crippen LogP contribution >= 0.6 is 12.4 Å². The number of hydrogen-bond donors (Lipinski definition) is 1. The highest BCUT2D eigenvalue weighted by atomic mass is 35.5. The number of piperidine rings is 1. The number of ether oxygens (including phenoxy) is 2. The Morgan fingerprint density at radius 3 is 2.80 bits per heavy atom. The molecule has 1 saturated heterocycles. The summed E-state index contributed by atoms with van der Waals surface area (Å²) in [7, 11) is 4.14. The molecular weight excluding hydrogens is 280 g/mol. The van der Waals surface area contributed by atoms with E-state index in [0.717, 1.165) is 39.0 Å². The van der Waals surface area contributed by atoms with Gasteiger partial charge in [-0.2, -0.15) is 0 Å². The second kappa shape index (κ2) is 7.59. The molecule has 1 heterocycles. The van der Waals surface area contributed by atoms with Crippen molar-refractivity contribution in [2.24, 2.45) is 5.41 Å². The zero-order valence-corrected chi connectivity index (χ0v) is 13.5. The third kappa shape index (κ3) is 4.32. The van der Waals surface area contributed by atoms with E-state index in [4.69, 9.17) is 9.47 Å². The molecule has 0 amide bonds. The van der Waals surface area contributed by atoms with Gasteiger partial charge in [-0.3, -0.25) is 4.79 Å². The number of halogens is 1. The molecule has 0 spiro atoms. The van der Waals surface area contributed by atoms with Crippen LogP contribution in [-0.2, 0) is 14.3 Å². The number of carbonyl (C=O) groups is 1. The normalized spacial score (nSPS) is 30.8. The topological polar surface area (TPSA) is 50.8 Å². The molecule has 2 aliphatic rings. The predicted molar refractivity (Wildman–Crippen MR) is 80.2 cm³/mol. The molecule has 0 radical (unpaired) electrons. The smallest absolute Gasteiger partial charge is 0.323 e. The molecule has 0 aromatic rings. The molecule has 5 nitrogen and oxygen atoms in total. The molecule has 1 saturated carbocycles. The predicted octanol–water partition coefficient (Wildman–Crippen LogP) is 1.06. The van der Waals surface area contributed by atoms with Crippen molar-refractivity contribution in [2.45, 2.75) is 38.3 Å². The van der Waals surface area contributed by atoms with Crippen LogP contribution in [0.4, 0.5) is 0 Å². The molecule has 0 unspecified atom stereocenters. The third-order valence-corrected chi connectivity index (χ3v) is 4.06. The van der Waals surface area contributed by atoms with Gasteiger partial charge >= 0.3 is 5.97 Å². The first-order valence-electron chi connectivity index (χ1n) is 7.22. The quantitative estimate of drug-likeness (QED) is 0.537. The molecule has 118 valence electrons. The van der Waals surface area contributed by atoms with Crippen LogP contribution in [0.25, 0.3) is 0 Å². The summed E-state index contributed by atoms with van der Waals surface area (Å²) in [6.45, 7) is 4.93. The summed E-state index contributed by atoms with van der Waals surface area (Å²) in [6.07, 6.45) is 3.06. The number of rotatable bonds is 8. The lowest BCUT2D eigenvalue weighted by Crippen LogP contribution is -2.35. The number of hydrogen-bond acceptors (Lipinski definition) is 5. The van der Waals surface area contributed by atoms with E-state index in [1.807, 2.05) is 6.92 Å². The van der Waals surface area contributed by atoms with E-state index in [1.165, 1.54) is 0 Å². The fourth-order valence-corrected chi connectivity index (χ4v) is 2.89. The highest BCUT2D eigenvalue weighted by molar-refractivity contribution is 5.85. The maximum Gasteiger partial charge on any atom is 0.323 e. The average Bonchev–Trinajstić information content (AvgIpc) is 2.90. The van der Waals surface area contributed by atoms with Crippen LogP contribution in [0.2, 0.25) is 0 Å². The van der Waals surface area contributed by atoms with Gasteiger partial charge in [-0.05, 0) is 46.8 Å². The van der Waals surface area contributed by atoms with E-state index in [-0.39, 0.29) is 29.8 Å². The number of esters is 1. The van der Waals surface area contributed by atoms with Gasteiger partial charge in [0.2, 0.25) is 0 Å². The van der Waals surface area contributed by atoms with Crippen molar-refractivity contribution in [1.29, 1.82) is 0 Å². The van der Waals surface area contributed by atoms with Crippen molar-refractivity contribution in [1.82, 2.24) is 10.2 Å². The summed E-state index contributed by atoms with van der Waals surface area (Å²) < 4.78 is 10.8. The van der Waals surface area contributed by atoms with Gasteiger partial charge in [0.15, 0.2) is 0 Å². The first-order chi connectivity index (χ1) is 9.07. The van der Waals surface area contributed by atoms with Gasteiger partial charge in [-0.1, -0.05) is 0 Å². The van der Waals surface area contributed by atoms with Gasteiger partial charge in [0, 0.05) is 18.1 Å². The Hall–Kier alpha value is -0.360. The Morgan fingerprint density at radius 1 is 1.40 bits per heavy atom. The van der Waals surface area contributed by atoms with E-state index in [0.29, 0.717) is 12.6 Å². The van der Waals surface area contributed by atoms with E-state index in [9.17, 15) is 4.79 Å². The Labute approximate surface area is 127 Å². The minimum Gasteiger partial charge on any atom is -0.465 e. The van der Waals surface area contributed by atoms with Crippen LogP contribution in [0.5, 0.6) is 0 Å². The lowest BCUT2D eigenvalue weighted by Gasteiger charge is -2.16.